The van der Waals surface area contributed by atoms with Gasteiger partial charge >= 0.3 is 5.97 Å². The zero-order chi connectivity index (χ0) is 20.9. The minimum absolute atomic E-state index is 0.0904. The Morgan fingerprint density at radius 3 is 2.63 bits per heavy atom. The molecule has 2 heterocycles. The molecular weight excluding hydrogens is 376 g/mol. The summed E-state index contributed by atoms with van der Waals surface area (Å²) in [4.78, 5) is 17.6. The molecule has 5 heteroatoms. The van der Waals surface area contributed by atoms with Crippen LogP contribution in [-0.4, -0.2) is 60.9 Å². The van der Waals surface area contributed by atoms with Crippen LogP contribution in [0.15, 0.2) is 42.0 Å². The highest BCUT2D eigenvalue weighted by Crippen LogP contribution is 2.56. The fourth-order valence-corrected chi connectivity index (χ4v) is 6.38. The number of hydrogen-bond donors (Lipinski definition) is 1. The van der Waals surface area contributed by atoms with Crippen molar-refractivity contribution in [2.45, 2.75) is 45.3 Å². The summed E-state index contributed by atoms with van der Waals surface area (Å²) in [6, 6.07) is 10.5. The Balaban J connectivity index is 1.28. The summed E-state index contributed by atoms with van der Waals surface area (Å²) in [5.41, 5.74) is 2.34. The number of carbonyl (C=O) groups excluding carboxylic acids is 1. The molecule has 0 radical (unpaired) electrons. The molecule has 2 aliphatic heterocycles. The zero-order valence-corrected chi connectivity index (χ0v) is 18.2. The highest BCUT2D eigenvalue weighted by Gasteiger charge is 2.59. The molecule has 1 aromatic carbocycles. The Morgan fingerprint density at radius 2 is 1.90 bits per heavy atom. The number of anilines is 1. The molecule has 2 saturated heterocycles. The van der Waals surface area contributed by atoms with E-state index in [1.807, 2.05) is 6.07 Å². The van der Waals surface area contributed by atoms with Gasteiger partial charge in [0.05, 0.1) is 12.0 Å². The van der Waals surface area contributed by atoms with Gasteiger partial charge in [0.2, 0.25) is 0 Å². The van der Waals surface area contributed by atoms with Crippen molar-refractivity contribution in [1.82, 2.24) is 4.90 Å². The predicted molar refractivity (Wildman–Crippen MR) is 117 cm³/mol. The molecule has 0 bridgehead atoms. The van der Waals surface area contributed by atoms with E-state index in [1.54, 1.807) is 0 Å². The molecule has 162 valence electrons. The quantitative estimate of drug-likeness (QED) is 0.613. The van der Waals surface area contributed by atoms with Gasteiger partial charge in [-0.1, -0.05) is 43.7 Å². The van der Waals surface area contributed by atoms with Crippen LogP contribution in [0.2, 0.25) is 0 Å². The number of piperazine rings is 1. The van der Waals surface area contributed by atoms with Crippen LogP contribution in [0.1, 0.15) is 33.1 Å². The standard InChI is InChI=1S/C25H34N2O3/c1-17-7-6-8-18-15-21-22(23(28)25(17,18)2)20(24(29)30-21)16-26-11-13-27(14-12-26)19-9-4-3-5-10-19/h3-5,8-10,17,20-23,28H,6-7,11-16H2,1-2H3/t17-,20?,21+,22+,23-,25+/m0/s1. The number of aliphatic hydroxyl groups is 1. The van der Waals surface area contributed by atoms with E-state index in [0.717, 1.165) is 45.4 Å². The van der Waals surface area contributed by atoms with Gasteiger partial charge in [0.1, 0.15) is 6.10 Å². The van der Waals surface area contributed by atoms with E-state index < -0.39 is 6.10 Å². The predicted octanol–water partition coefficient (Wildman–Crippen LogP) is 3.09. The number of para-hydroxylation sites is 1. The maximum atomic E-state index is 12.8. The summed E-state index contributed by atoms with van der Waals surface area (Å²) in [5, 5.41) is 11.5. The van der Waals surface area contributed by atoms with Gasteiger partial charge in [0.25, 0.3) is 0 Å². The maximum absolute atomic E-state index is 12.8. The van der Waals surface area contributed by atoms with E-state index in [0.29, 0.717) is 12.5 Å². The first-order chi connectivity index (χ1) is 14.5. The highest BCUT2D eigenvalue weighted by atomic mass is 16.6. The SMILES string of the molecule is C[C@H]1CCC=C2C[C@H]3OC(=O)C(CN4CCN(c5ccccc5)CC4)[C@H]3[C@H](O)[C@@]21C. The molecule has 1 unspecified atom stereocenters. The first-order valence-electron chi connectivity index (χ1n) is 11.6. The van der Waals surface area contributed by atoms with Gasteiger partial charge in [-0.15, -0.1) is 0 Å². The molecule has 3 fully saturated rings. The van der Waals surface area contributed by atoms with Crippen LogP contribution < -0.4 is 4.90 Å². The number of nitrogens with zero attached hydrogens (tertiary/aromatic N) is 2. The number of rotatable bonds is 3. The number of carbonyl (C=O) groups is 1. The minimum Gasteiger partial charge on any atom is -0.461 e. The number of fused-ring (bicyclic) bond motifs is 2. The lowest BCUT2D eigenvalue weighted by Gasteiger charge is -2.52. The summed E-state index contributed by atoms with van der Waals surface area (Å²) in [6.45, 7) is 8.96. The molecule has 1 N–H and O–H groups in total. The van der Waals surface area contributed by atoms with Crippen molar-refractivity contribution in [3.05, 3.63) is 42.0 Å². The topological polar surface area (TPSA) is 53.0 Å². The molecular formula is C25H34N2O3. The van der Waals surface area contributed by atoms with E-state index in [4.69, 9.17) is 4.74 Å². The van der Waals surface area contributed by atoms with Crippen LogP contribution in [0.4, 0.5) is 5.69 Å². The van der Waals surface area contributed by atoms with Gasteiger partial charge in [-0.2, -0.15) is 0 Å². The van der Waals surface area contributed by atoms with E-state index in [2.05, 4.69) is 54.0 Å². The lowest BCUT2D eigenvalue weighted by molar-refractivity contribution is -0.145. The lowest BCUT2D eigenvalue weighted by Crippen LogP contribution is -2.55. The fourth-order valence-electron chi connectivity index (χ4n) is 6.38. The van der Waals surface area contributed by atoms with Gasteiger partial charge < -0.3 is 14.7 Å². The first kappa shape index (κ1) is 20.1. The number of esters is 1. The van der Waals surface area contributed by atoms with Crippen molar-refractivity contribution in [2.75, 3.05) is 37.6 Å². The van der Waals surface area contributed by atoms with E-state index in [9.17, 15) is 9.90 Å². The number of ether oxygens (including phenoxy) is 1. The maximum Gasteiger partial charge on any atom is 0.311 e. The monoisotopic (exact) mass is 410 g/mol. The second-order valence-electron chi connectivity index (χ2n) is 9.92. The Kier molecular flexibility index (Phi) is 5.14. The van der Waals surface area contributed by atoms with Crippen molar-refractivity contribution < 1.29 is 14.6 Å². The molecule has 5 nitrogen and oxygen atoms in total. The number of hydrogen-bond acceptors (Lipinski definition) is 5. The Hall–Kier alpha value is -1.85. The summed E-state index contributed by atoms with van der Waals surface area (Å²) in [6.07, 6.45) is 4.59. The number of benzene rings is 1. The second kappa shape index (κ2) is 7.69. The fraction of sp³-hybridized carbons (Fsp3) is 0.640. The summed E-state index contributed by atoms with van der Waals surface area (Å²) in [5.74, 6) is 0.0115. The number of aliphatic hydroxyl groups excluding tert-OH is 1. The molecule has 1 saturated carbocycles. The summed E-state index contributed by atoms with van der Waals surface area (Å²) >= 11 is 0. The van der Waals surface area contributed by atoms with Crippen molar-refractivity contribution in [2.24, 2.45) is 23.2 Å². The molecule has 1 aromatic rings. The van der Waals surface area contributed by atoms with Crippen LogP contribution >= 0.6 is 0 Å². The van der Waals surface area contributed by atoms with Crippen LogP contribution in [-0.2, 0) is 9.53 Å². The normalized spacial score (nSPS) is 39.2. The Bertz CT molecular complexity index is 817. The third kappa shape index (κ3) is 3.18. The molecule has 30 heavy (non-hydrogen) atoms. The first-order valence-corrected chi connectivity index (χ1v) is 11.6. The average Bonchev–Trinajstić information content (AvgIpc) is 3.07. The summed E-state index contributed by atoms with van der Waals surface area (Å²) < 4.78 is 5.83. The van der Waals surface area contributed by atoms with Gasteiger partial charge in [0.15, 0.2) is 0 Å². The Labute approximate surface area is 179 Å². The van der Waals surface area contributed by atoms with Crippen molar-refractivity contribution >= 4 is 11.7 Å². The van der Waals surface area contributed by atoms with Gasteiger partial charge in [-0.3, -0.25) is 9.69 Å². The van der Waals surface area contributed by atoms with Crippen LogP contribution in [0.25, 0.3) is 0 Å². The van der Waals surface area contributed by atoms with Crippen molar-refractivity contribution in [3.63, 3.8) is 0 Å². The molecule has 6 atom stereocenters. The summed E-state index contributed by atoms with van der Waals surface area (Å²) in [7, 11) is 0. The Morgan fingerprint density at radius 1 is 1.17 bits per heavy atom. The van der Waals surface area contributed by atoms with Gasteiger partial charge in [-0.05, 0) is 30.9 Å². The molecule has 0 amide bonds. The van der Waals surface area contributed by atoms with Crippen LogP contribution in [0, 0.1) is 23.2 Å². The highest BCUT2D eigenvalue weighted by molar-refractivity contribution is 5.76. The number of allylic oxidation sites excluding steroid dienone is 1. The third-order valence-corrected chi connectivity index (χ3v) is 8.52. The molecule has 4 aliphatic rings. The van der Waals surface area contributed by atoms with E-state index >= 15 is 0 Å². The average molecular weight is 411 g/mol. The van der Waals surface area contributed by atoms with Crippen LogP contribution in [0.5, 0.6) is 0 Å². The molecule has 0 aromatic heterocycles. The zero-order valence-electron chi connectivity index (χ0n) is 18.2. The van der Waals surface area contributed by atoms with Crippen LogP contribution in [0.3, 0.4) is 0 Å². The smallest absolute Gasteiger partial charge is 0.311 e. The van der Waals surface area contributed by atoms with Gasteiger partial charge in [0, 0.05) is 56.2 Å². The van der Waals surface area contributed by atoms with Crippen molar-refractivity contribution in [1.29, 1.82) is 0 Å². The van der Waals surface area contributed by atoms with Gasteiger partial charge in [-0.25, -0.2) is 0 Å². The van der Waals surface area contributed by atoms with E-state index in [1.165, 1.54) is 11.3 Å². The molecule has 2 aliphatic carbocycles. The van der Waals surface area contributed by atoms with Crippen molar-refractivity contribution in [3.8, 4) is 0 Å². The third-order valence-electron chi connectivity index (χ3n) is 8.52. The molecule has 5 rings (SSSR count). The van der Waals surface area contributed by atoms with E-state index in [-0.39, 0.29) is 29.3 Å². The lowest BCUT2D eigenvalue weighted by atomic mass is 9.55. The second-order valence-corrected chi connectivity index (χ2v) is 9.92. The largest absolute Gasteiger partial charge is 0.461 e. The molecule has 0 spiro atoms. The minimum atomic E-state index is -0.514.